The highest BCUT2D eigenvalue weighted by Gasteiger charge is 2.34. The van der Waals surface area contributed by atoms with Gasteiger partial charge in [-0.05, 0) is 59.1 Å². The summed E-state index contributed by atoms with van der Waals surface area (Å²) < 4.78 is 6.75. The highest BCUT2D eigenvalue weighted by Crippen LogP contribution is 2.50. The lowest BCUT2D eigenvalue weighted by atomic mass is 9.79. The molecule has 0 spiro atoms. The van der Waals surface area contributed by atoms with E-state index < -0.39 is 5.97 Å². The van der Waals surface area contributed by atoms with Crippen molar-refractivity contribution in [2.45, 2.75) is 26.9 Å². The van der Waals surface area contributed by atoms with Crippen LogP contribution in [-0.4, -0.2) is 62.3 Å². The topological polar surface area (TPSA) is 102 Å². The summed E-state index contributed by atoms with van der Waals surface area (Å²) in [4.78, 5) is 15.0. The molecule has 3 aliphatic rings. The number of ether oxygens (including phenoxy) is 1. The van der Waals surface area contributed by atoms with E-state index in [4.69, 9.17) is 4.74 Å². The van der Waals surface area contributed by atoms with Crippen molar-refractivity contribution in [1.29, 1.82) is 0 Å². The fourth-order valence-corrected chi connectivity index (χ4v) is 7.82. The molecule has 1 unspecified atom stereocenters. The van der Waals surface area contributed by atoms with Crippen LogP contribution in [0.3, 0.4) is 0 Å². The van der Waals surface area contributed by atoms with Gasteiger partial charge >= 0.3 is 5.97 Å². The van der Waals surface area contributed by atoms with E-state index in [-0.39, 0.29) is 29.5 Å². The van der Waals surface area contributed by atoms with Crippen molar-refractivity contribution in [1.82, 2.24) is 4.90 Å². The van der Waals surface area contributed by atoms with Crippen LogP contribution in [0, 0.1) is 5.92 Å². The Hall–Kier alpha value is -4.31. The maximum atomic E-state index is 12.5. The van der Waals surface area contributed by atoms with Gasteiger partial charge in [0.15, 0.2) is 0 Å². The molecule has 0 radical (unpaired) electrons. The Kier molecular flexibility index (Phi) is 11.2. The van der Waals surface area contributed by atoms with Crippen LogP contribution < -0.4 is 10.1 Å². The van der Waals surface area contributed by atoms with Gasteiger partial charge in [0.1, 0.15) is 23.0 Å². The second kappa shape index (κ2) is 15.9. The van der Waals surface area contributed by atoms with Gasteiger partial charge in [0.05, 0.1) is 11.1 Å². The number of carboxylic acids is 1. The standard InChI is InChI=1S/C40H42N2O5S2/c1-3-48-21-19-42(20-22-49-4-2)25-27-9-5-8-12-35(27)41-24-34-36(44)18-17-33-37(30-10-6-7-11-31(30)40(45)46)32-15-13-26-23-28(43)14-16-29(26)38(32)47-39(33)34/h5-18,23,26,41,43-44H,3-4,19-22,24-25H2,1-2H3,(H,45,46). The molecule has 1 atom stereocenters. The molecule has 1 heterocycles. The zero-order valence-corrected chi connectivity index (χ0v) is 29.4. The summed E-state index contributed by atoms with van der Waals surface area (Å²) >= 11 is 3.92. The van der Waals surface area contributed by atoms with Gasteiger partial charge in [0, 0.05) is 71.6 Å². The molecule has 4 N–H and O–H groups in total. The largest absolute Gasteiger partial charge is 0.508 e. The van der Waals surface area contributed by atoms with Gasteiger partial charge in [0.25, 0.3) is 0 Å². The highest BCUT2D eigenvalue weighted by molar-refractivity contribution is 7.99. The van der Waals surface area contributed by atoms with E-state index in [2.05, 4.69) is 42.3 Å². The van der Waals surface area contributed by atoms with E-state index in [1.165, 1.54) is 5.56 Å². The number of hydrogen-bond acceptors (Lipinski definition) is 8. The maximum absolute atomic E-state index is 12.5. The number of nitrogens with one attached hydrogen (secondary N) is 1. The summed E-state index contributed by atoms with van der Waals surface area (Å²) in [6.45, 7) is 7.52. The quantitative estimate of drug-likeness (QED) is 0.116. The van der Waals surface area contributed by atoms with Crippen molar-refractivity contribution < 1.29 is 24.9 Å². The highest BCUT2D eigenvalue weighted by atomic mass is 32.2. The average Bonchev–Trinajstić information content (AvgIpc) is 3.10. The molecule has 1 aliphatic heterocycles. The number of thioether (sulfide) groups is 2. The summed E-state index contributed by atoms with van der Waals surface area (Å²) in [7, 11) is 0. The Morgan fingerprint density at radius 1 is 0.898 bits per heavy atom. The second-order valence-electron chi connectivity index (χ2n) is 12.0. The van der Waals surface area contributed by atoms with Crippen molar-refractivity contribution in [3.8, 4) is 11.5 Å². The summed E-state index contributed by atoms with van der Waals surface area (Å²) in [5.41, 5.74) is 6.49. The number of benzene rings is 3. The van der Waals surface area contributed by atoms with Gasteiger partial charge < -0.3 is 25.4 Å². The van der Waals surface area contributed by atoms with Crippen molar-refractivity contribution in [3.63, 3.8) is 0 Å². The third-order valence-electron chi connectivity index (χ3n) is 8.90. The Balaban J connectivity index is 1.38. The first kappa shape index (κ1) is 34.5. The molecule has 0 bridgehead atoms. The van der Waals surface area contributed by atoms with Crippen LogP contribution >= 0.6 is 23.5 Å². The molecule has 3 aromatic carbocycles. The van der Waals surface area contributed by atoms with E-state index in [9.17, 15) is 20.1 Å². The van der Waals surface area contributed by atoms with Crippen molar-refractivity contribution >= 4 is 40.8 Å². The van der Waals surface area contributed by atoms with Gasteiger partial charge in [-0.15, -0.1) is 0 Å². The van der Waals surface area contributed by atoms with Crippen LogP contribution in [0.25, 0.3) is 5.57 Å². The van der Waals surface area contributed by atoms with Crippen LogP contribution in [0.15, 0.2) is 114 Å². The minimum atomic E-state index is -1.03. The molecule has 6 rings (SSSR count). The Morgan fingerprint density at radius 2 is 1.63 bits per heavy atom. The molecular weight excluding hydrogens is 653 g/mol. The van der Waals surface area contributed by atoms with Gasteiger partial charge in [-0.2, -0.15) is 23.5 Å². The third-order valence-corrected chi connectivity index (χ3v) is 10.7. The molecule has 7 nitrogen and oxygen atoms in total. The number of fused-ring (bicyclic) bond motifs is 3. The number of allylic oxidation sites excluding steroid dienone is 6. The molecule has 3 aromatic rings. The number of phenols is 1. The van der Waals surface area contributed by atoms with Crippen LogP contribution in [0.1, 0.15) is 46.5 Å². The molecule has 0 saturated carbocycles. The lowest BCUT2D eigenvalue weighted by Crippen LogP contribution is -2.28. The minimum Gasteiger partial charge on any atom is -0.508 e. The van der Waals surface area contributed by atoms with Gasteiger partial charge in [-0.25, -0.2) is 4.79 Å². The fraction of sp³-hybridized carbons (Fsp3) is 0.275. The Bertz CT molecular complexity index is 1870. The van der Waals surface area contributed by atoms with E-state index in [0.29, 0.717) is 28.2 Å². The molecule has 0 amide bonds. The number of nitrogens with zero attached hydrogens (tertiary/aromatic N) is 1. The summed E-state index contributed by atoms with van der Waals surface area (Å²) in [6, 6.07) is 18.7. The first-order valence-corrected chi connectivity index (χ1v) is 19.0. The normalized spacial score (nSPS) is 16.2. The first-order chi connectivity index (χ1) is 23.9. The number of phenolic OH excluding ortho intramolecular Hbond substituents is 1. The zero-order valence-electron chi connectivity index (χ0n) is 27.8. The third kappa shape index (κ3) is 7.64. The average molecular weight is 695 g/mol. The molecule has 9 heteroatoms. The van der Waals surface area contributed by atoms with Crippen molar-refractivity contribution in [3.05, 3.63) is 142 Å². The van der Waals surface area contributed by atoms with E-state index >= 15 is 0 Å². The number of carboxylic acid groups (broad SMARTS) is 1. The van der Waals surface area contributed by atoms with Crippen LogP contribution in [0.4, 0.5) is 5.69 Å². The minimum absolute atomic E-state index is 0.0816. The lowest BCUT2D eigenvalue weighted by Gasteiger charge is -2.33. The Morgan fingerprint density at radius 3 is 2.39 bits per heavy atom. The number of aliphatic hydroxyl groups excluding tert-OH is 1. The summed E-state index contributed by atoms with van der Waals surface area (Å²) in [6.07, 6.45) is 9.15. The number of anilines is 1. The van der Waals surface area contributed by atoms with E-state index in [1.54, 1.807) is 36.4 Å². The fourth-order valence-electron chi connectivity index (χ4n) is 6.47. The van der Waals surface area contributed by atoms with Crippen molar-refractivity contribution in [2.75, 3.05) is 41.4 Å². The summed E-state index contributed by atoms with van der Waals surface area (Å²) in [5.74, 6) is 4.46. The molecule has 0 fully saturated rings. The molecular formula is C40H42N2O5S2. The molecule has 49 heavy (non-hydrogen) atoms. The number of aromatic hydroxyl groups is 1. The second-order valence-corrected chi connectivity index (χ2v) is 14.7. The van der Waals surface area contributed by atoms with Crippen LogP contribution in [0.2, 0.25) is 0 Å². The predicted molar refractivity (Wildman–Crippen MR) is 203 cm³/mol. The van der Waals surface area contributed by atoms with Crippen LogP contribution in [-0.2, 0) is 13.1 Å². The SMILES string of the molecule is CCSCCN(CCSCC)Cc1ccccc1NCc1c(O)ccc2c1OC1=C3C=CC(O)=CC3C=CC1=C2c1ccccc1C(=O)O. The van der Waals surface area contributed by atoms with Gasteiger partial charge in [-0.1, -0.05) is 68.5 Å². The first-order valence-electron chi connectivity index (χ1n) is 16.7. The zero-order chi connectivity index (χ0) is 34.3. The number of hydrogen-bond donors (Lipinski definition) is 4. The lowest BCUT2D eigenvalue weighted by molar-refractivity contribution is 0.0696. The number of rotatable bonds is 15. The molecule has 0 aromatic heterocycles. The predicted octanol–water partition coefficient (Wildman–Crippen LogP) is 8.66. The van der Waals surface area contributed by atoms with Gasteiger partial charge in [0.2, 0.25) is 0 Å². The van der Waals surface area contributed by atoms with Crippen LogP contribution in [0.5, 0.6) is 11.5 Å². The number of aromatic carboxylic acids is 1. The number of carbonyl (C=O) groups is 1. The molecule has 254 valence electrons. The summed E-state index contributed by atoms with van der Waals surface area (Å²) in [5, 5.41) is 35.4. The molecule has 2 aliphatic carbocycles. The maximum Gasteiger partial charge on any atom is 0.336 e. The van der Waals surface area contributed by atoms with E-state index in [1.807, 2.05) is 60.0 Å². The van der Waals surface area contributed by atoms with Crippen molar-refractivity contribution in [2.24, 2.45) is 5.92 Å². The monoisotopic (exact) mass is 694 g/mol. The van der Waals surface area contributed by atoms with E-state index in [0.717, 1.165) is 65.1 Å². The smallest absolute Gasteiger partial charge is 0.336 e. The Labute approximate surface area is 296 Å². The number of aliphatic hydroxyl groups is 1. The molecule has 0 saturated heterocycles. The number of para-hydroxylation sites is 1. The van der Waals surface area contributed by atoms with Gasteiger partial charge in [-0.3, -0.25) is 4.90 Å².